The van der Waals surface area contributed by atoms with Crippen LogP contribution in [-0.4, -0.2) is 23.9 Å². The Morgan fingerprint density at radius 3 is 2.65 bits per heavy atom. The van der Waals surface area contributed by atoms with E-state index in [-0.39, 0.29) is 5.03 Å². The lowest BCUT2D eigenvalue weighted by molar-refractivity contribution is -0.120. The summed E-state index contributed by atoms with van der Waals surface area (Å²) in [6, 6.07) is -0.656. The number of aromatic nitrogens is 2. The highest BCUT2D eigenvalue weighted by Crippen LogP contribution is 2.19. The number of nitrogens with two attached hydrogens (primary N) is 1. The number of carbonyl (C=O) groups excluding carboxylic acids is 1. The maximum Gasteiger partial charge on any atom is 0.280 e. The second kappa shape index (κ2) is 5.05. The monoisotopic (exact) mass is 279 g/mol. The molecular weight excluding hydrogens is 266 g/mol. The molecule has 0 fully saturated rings. The first-order valence-corrected chi connectivity index (χ1v) is 7.40. The molecule has 0 saturated carbocycles. The normalized spacial score (nSPS) is 13.6. The van der Waals surface area contributed by atoms with Crippen LogP contribution in [0.3, 0.4) is 0 Å². The Kier molecular flexibility index (Phi) is 4.16. The van der Waals surface area contributed by atoms with Gasteiger partial charge in [0.05, 0.1) is 0 Å². The number of hydrogen-bond donors (Lipinski definition) is 1. The maximum absolute atomic E-state index is 11.2. The van der Waals surface area contributed by atoms with E-state index in [4.69, 9.17) is 16.4 Å². The molecular formula is C9H14ClN3O3S. The minimum absolute atomic E-state index is 0.254. The molecule has 0 radical (unpaired) electrons. The molecule has 8 heteroatoms. The molecule has 0 aromatic carbocycles. The van der Waals surface area contributed by atoms with Crippen molar-refractivity contribution in [3.8, 4) is 0 Å². The van der Waals surface area contributed by atoms with Crippen LogP contribution in [0.15, 0.2) is 11.2 Å². The van der Waals surface area contributed by atoms with Gasteiger partial charge in [-0.05, 0) is 13.3 Å². The fourth-order valence-corrected chi connectivity index (χ4v) is 2.08. The molecule has 1 amide bonds. The number of hydrogen-bond acceptors (Lipinski definition) is 4. The molecule has 1 aromatic rings. The molecule has 17 heavy (non-hydrogen) atoms. The summed E-state index contributed by atoms with van der Waals surface area (Å²) in [5, 5.41) is -0.254. The summed E-state index contributed by atoms with van der Waals surface area (Å²) in [5.41, 5.74) is 5.18. The van der Waals surface area contributed by atoms with E-state index in [0.29, 0.717) is 12.2 Å². The molecule has 0 bridgehead atoms. The third kappa shape index (κ3) is 3.19. The molecule has 1 heterocycles. The number of primary amides is 1. The Balaban J connectivity index is 3.28. The van der Waals surface area contributed by atoms with E-state index in [0.717, 1.165) is 6.42 Å². The summed E-state index contributed by atoms with van der Waals surface area (Å²) in [6.45, 7) is 3.50. The van der Waals surface area contributed by atoms with Gasteiger partial charge >= 0.3 is 0 Å². The molecule has 0 aliphatic rings. The average Bonchev–Trinajstić information content (AvgIpc) is 2.60. The lowest BCUT2D eigenvalue weighted by Gasteiger charge is -2.11. The lowest BCUT2D eigenvalue weighted by Crippen LogP contribution is -2.24. The summed E-state index contributed by atoms with van der Waals surface area (Å²) >= 11 is 0. The molecule has 2 N–H and O–H groups in total. The number of aryl methyl sites for hydroxylation is 1. The number of rotatable bonds is 5. The number of nitrogens with zero attached hydrogens (tertiary/aromatic N) is 2. The first-order chi connectivity index (χ1) is 7.77. The van der Waals surface area contributed by atoms with Gasteiger partial charge < -0.3 is 10.3 Å². The van der Waals surface area contributed by atoms with E-state index in [1.807, 2.05) is 6.92 Å². The van der Waals surface area contributed by atoms with Crippen molar-refractivity contribution in [3.05, 3.63) is 12.0 Å². The van der Waals surface area contributed by atoms with Crippen molar-refractivity contribution in [2.45, 2.75) is 37.8 Å². The van der Waals surface area contributed by atoms with Crippen molar-refractivity contribution >= 4 is 25.6 Å². The van der Waals surface area contributed by atoms with Crippen molar-refractivity contribution in [2.24, 2.45) is 5.73 Å². The zero-order chi connectivity index (χ0) is 13.2. The zero-order valence-electron chi connectivity index (χ0n) is 9.55. The van der Waals surface area contributed by atoms with Crippen molar-refractivity contribution in [2.75, 3.05) is 0 Å². The molecule has 0 aliphatic carbocycles. The SMILES string of the molecule is CCCc1nc(S(=O)(=O)Cl)cn1C(C)C(N)=O. The molecule has 1 atom stereocenters. The third-order valence-electron chi connectivity index (χ3n) is 2.34. The van der Waals surface area contributed by atoms with E-state index in [9.17, 15) is 13.2 Å². The molecule has 1 rings (SSSR count). The van der Waals surface area contributed by atoms with Crippen LogP contribution in [0.1, 0.15) is 32.1 Å². The van der Waals surface area contributed by atoms with Crippen LogP contribution in [0.5, 0.6) is 0 Å². The van der Waals surface area contributed by atoms with Crippen molar-refractivity contribution in [1.82, 2.24) is 9.55 Å². The fourth-order valence-electron chi connectivity index (χ4n) is 1.41. The van der Waals surface area contributed by atoms with Crippen LogP contribution in [-0.2, 0) is 20.3 Å². The van der Waals surface area contributed by atoms with Gasteiger partial charge in [0.25, 0.3) is 9.05 Å². The fraction of sp³-hybridized carbons (Fsp3) is 0.556. The van der Waals surface area contributed by atoms with Crippen LogP contribution in [0.4, 0.5) is 0 Å². The zero-order valence-corrected chi connectivity index (χ0v) is 11.1. The highest BCUT2D eigenvalue weighted by Gasteiger charge is 2.21. The van der Waals surface area contributed by atoms with Gasteiger partial charge in [0.2, 0.25) is 5.91 Å². The van der Waals surface area contributed by atoms with Crippen LogP contribution >= 0.6 is 10.7 Å². The van der Waals surface area contributed by atoms with Crippen LogP contribution in [0.2, 0.25) is 0 Å². The van der Waals surface area contributed by atoms with Crippen LogP contribution in [0, 0.1) is 0 Å². The summed E-state index contributed by atoms with van der Waals surface area (Å²) < 4.78 is 23.8. The van der Waals surface area contributed by atoms with Gasteiger partial charge in [-0.15, -0.1) is 0 Å². The Hall–Kier alpha value is -1.08. The minimum Gasteiger partial charge on any atom is -0.368 e. The van der Waals surface area contributed by atoms with Crippen molar-refractivity contribution < 1.29 is 13.2 Å². The summed E-state index contributed by atoms with van der Waals surface area (Å²) in [7, 11) is 1.31. The average molecular weight is 280 g/mol. The van der Waals surface area contributed by atoms with E-state index in [1.165, 1.54) is 10.8 Å². The second-order valence-corrected chi connectivity index (χ2v) is 6.18. The highest BCUT2D eigenvalue weighted by molar-refractivity contribution is 8.13. The van der Waals surface area contributed by atoms with Gasteiger partial charge in [0.15, 0.2) is 5.03 Å². The van der Waals surface area contributed by atoms with Crippen LogP contribution < -0.4 is 5.73 Å². The van der Waals surface area contributed by atoms with E-state index >= 15 is 0 Å². The molecule has 0 spiro atoms. The Morgan fingerprint density at radius 2 is 2.24 bits per heavy atom. The largest absolute Gasteiger partial charge is 0.368 e. The molecule has 96 valence electrons. The summed E-state index contributed by atoms with van der Waals surface area (Å²) in [4.78, 5) is 15.0. The molecule has 6 nitrogen and oxygen atoms in total. The number of halogens is 1. The predicted octanol–water partition coefficient (Wildman–Crippen LogP) is 0.809. The summed E-state index contributed by atoms with van der Waals surface area (Å²) in [5.74, 6) is -0.0729. The van der Waals surface area contributed by atoms with E-state index in [2.05, 4.69) is 4.98 Å². The first-order valence-electron chi connectivity index (χ1n) is 5.09. The van der Waals surface area contributed by atoms with Crippen molar-refractivity contribution in [3.63, 3.8) is 0 Å². The molecule has 0 aliphatic heterocycles. The van der Waals surface area contributed by atoms with Crippen LogP contribution in [0.25, 0.3) is 0 Å². The van der Waals surface area contributed by atoms with Gasteiger partial charge in [0, 0.05) is 23.3 Å². The highest BCUT2D eigenvalue weighted by atomic mass is 35.7. The Bertz CT molecular complexity index is 524. The number of imidazole rings is 1. The minimum atomic E-state index is -3.89. The Labute approximate surface area is 104 Å². The number of carbonyl (C=O) groups is 1. The van der Waals surface area contributed by atoms with E-state index < -0.39 is 21.0 Å². The van der Waals surface area contributed by atoms with Crippen molar-refractivity contribution in [1.29, 1.82) is 0 Å². The smallest absolute Gasteiger partial charge is 0.280 e. The maximum atomic E-state index is 11.2. The molecule has 0 saturated heterocycles. The third-order valence-corrected chi connectivity index (χ3v) is 3.51. The van der Waals surface area contributed by atoms with Gasteiger partial charge in [0.1, 0.15) is 11.9 Å². The van der Waals surface area contributed by atoms with Gasteiger partial charge in [-0.2, -0.15) is 0 Å². The van der Waals surface area contributed by atoms with Gasteiger partial charge in [-0.3, -0.25) is 4.79 Å². The number of amides is 1. The van der Waals surface area contributed by atoms with Gasteiger partial charge in [-0.1, -0.05) is 6.92 Å². The molecule has 1 aromatic heterocycles. The molecule has 1 unspecified atom stereocenters. The second-order valence-electron chi connectivity index (χ2n) is 3.67. The Morgan fingerprint density at radius 1 is 1.65 bits per heavy atom. The standard InChI is InChI=1S/C9H14ClN3O3S/c1-3-4-7-12-8(17(10,15)16)5-13(7)6(2)9(11)14/h5-6H,3-4H2,1-2H3,(H2,11,14). The summed E-state index contributed by atoms with van der Waals surface area (Å²) in [6.07, 6.45) is 2.55. The quantitative estimate of drug-likeness (QED) is 0.807. The lowest BCUT2D eigenvalue weighted by atomic mass is 10.2. The van der Waals surface area contributed by atoms with E-state index in [1.54, 1.807) is 6.92 Å². The first kappa shape index (κ1) is 14.0. The van der Waals surface area contributed by atoms with Gasteiger partial charge in [-0.25, -0.2) is 13.4 Å². The predicted molar refractivity (Wildman–Crippen MR) is 63.2 cm³/mol. The topological polar surface area (TPSA) is 95.1 Å².